The average Bonchev–Trinajstić information content (AvgIpc) is 2.66. The van der Waals surface area contributed by atoms with Crippen molar-refractivity contribution in [1.29, 1.82) is 0 Å². The summed E-state index contributed by atoms with van der Waals surface area (Å²) in [4.78, 5) is 14.8. The average molecular weight is 259 g/mol. The van der Waals surface area contributed by atoms with Crippen LogP contribution in [0.4, 0.5) is 0 Å². The number of rotatable bonds is 5. The lowest BCUT2D eigenvalue weighted by Crippen LogP contribution is -2.38. The van der Waals surface area contributed by atoms with E-state index in [0.717, 1.165) is 24.9 Å². The summed E-state index contributed by atoms with van der Waals surface area (Å²) in [6.07, 6.45) is 1.91. The molecule has 0 saturated carbocycles. The molecule has 0 fully saturated rings. The van der Waals surface area contributed by atoms with Crippen LogP contribution in [0.15, 0.2) is 24.3 Å². The quantitative estimate of drug-likeness (QED) is 0.806. The molecular formula is C17H25NO. The molecule has 0 radical (unpaired) electrons. The molecule has 0 unspecified atom stereocenters. The lowest BCUT2D eigenvalue weighted by Gasteiger charge is -2.31. The Hall–Kier alpha value is -1.15. The van der Waals surface area contributed by atoms with Gasteiger partial charge in [-0.3, -0.25) is 9.69 Å². The molecule has 1 aromatic rings. The van der Waals surface area contributed by atoms with Gasteiger partial charge in [-0.25, -0.2) is 0 Å². The molecule has 1 atom stereocenters. The molecule has 19 heavy (non-hydrogen) atoms. The Labute approximate surface area is 116 Å². The van der Waals surface area contributed by atoms with Gasteiger partial charge in [0.1, 0.15) is 0 Å². The maximum Gasteiger partial charge on any atom is 0.166 e. The van der Waals surface area contributed by atoms with E-state index >= 15 is 0 Å². The molecule has 0 N–H and O–H groups in total. The van der Waals surface area contributed by atoms with Gasteiger partial charge >= 0.3 is 0 Å². The predicted molar refractivity (Wildman–Crippen MR) is 79.6 cm³/mol. The fourth-order valence-corrected chi connectivity index (χ4v) is 3.17. The van der Waals surface area contributed by atoms with E-state index in [1.807, 2.05) is 18.2 Å². The molecule has 0 aliphatic heterocycles. The fourth-order valence-electron chi connectivity index (χ4n) is 3.17. The molecule has 0 spiro atoms. The van der Waals surface area contributed by atoms with Crippen LogP contribution in [-0.4, -0.2) is 29.3 Å². The van der Waals surface area contributed by atoms with E-state index in [1.54, 1.807) is 0 Å². The monoisotopic (exact) mass is 259 g/mol. The Balaban J connectivity index is 1.98. The molecule has 2 nitrogen and oxygen atoms in total. The van der Waals surface area contributed by atoms with Crippen molar-refractivity contribution in [3.8, 4) is 0 Å². The minimum absolute atomic E-state index is 0.192. The van der Waals surface area contributed by atoms with E-state index in [1.165, 1.54) is 5.56 Å². The standard InChI is InChI=1S/C17H25NO/c1-12(2)18(13(3)4)10-9-15-11-14-7-5-6-8-16(14)17(15)19/h5-8,12-13,15H,9-11H2,1-4H3/t15-/m0/s1. The summed E-state index contributed by atoms with van der Waals surface area (Å²) in [5.41, 5.74) is 2.19. The number of ketones is 1. The van der Waals surface area contributed by atoms with Crippen LogP contribution in [0.5, 0.6) is 0 Å². The third-order valence-electron chi connectivity index (χ3n) is 4.18. The smallest absolute Gasteiger partial charge is 0.166 e. The second-order valence-electron chi connectivity index (χ2n) is 6.14. The van der Waals surface area contributed by atoms with Crippen molar-refractivity contribution in [3.05, 3.63) is 35.4 Å². The first-order valence-electron chi connectivity index (χ1n) is 7.38. The highest BCUT2D eigenvalue weighted by Crippen LogP contribution is 2.29. The number of carbonyl (C=O) groups is 1. The van der Waals surface area contributed by atoms with Gasteiger partial charge in [0.2, 0.25) is 0 Å². The number of benzene rings is 1. The largest absolute Gasteiger partial charge is 0.299 e. The molecule has 2 rings (SSSR count). The number of fused-ring (bicyclic) bond motifs is 1. The van der Waals surface area contributed by atoms with E-state index in [2.05, 4.69) is 38.7 Å². The number of Topliss-reactive ketones (excluding diaryl/α,β-unsaturated/α-hetero) is 1. The minimum Gasteiger partial charge on any atom is -0.299 e. The van der Waals surface area contributed by atoms with Crippen molar-refractivity contribution >= 4 is 5.78 Å². The van der Waals surface area contributed by atoms with Gasteiger partial charge in [0.15, 0.2) is 5.78 Å². The zero-order chi connectivity index (χ0) is 14.0. The van der Waals surface area contributed by atoms with Crippen LogP contribution in [0.3, 0.4) is 0 Å². The maximum atomic E-state index is 12.3. The first kappa shape index (κ1) is 14.3. The Bertz CT molecular complexity index is 442. The first-order valence-corrected chi connectivity index (χ1v) is 7.38. The molecule has 1 aliphatic rings. The van der Waals surface area contributed by atoms with Crippen LogP contribution in [0.2, 0.25) is 0 Å². The normalized spacial score (nSPS) is 18.7. The lowest BCUT2D eigenvalue weighted by atomic mass is 10.00. The van der Waals surface area contributed by atoms with Crippen LogP contribution in [-0.2, 0) is 6.42 Å². The summed E-state index contributed by atoms with van der Waals surface area (Å²) in [7, 11) is 0. The first-order chi connectivity index (χ1) is 9.00. The highest BCUT2D eigenvalue weighted by Gasteiger charge is 2.30. The summed E-state index contributed by atoms with van der Waals surface area (Å²) < 4.78 is 0. The van der Waals surface area contributed by atoms with Gasteiger partial charge in [-0.2, -0.15) is 0 Å². The molecule has 2 heteroatoms. The van der Waals surface area contributed by atoms with Gasteiger partial charge in [0.25, 0.3) is 0 Å². The Morgan fingerprint density at radius 3 is 2.37 bits per heavy atom. The molecule has 0 aromatic heterocycles. The van der Waals surface area contributed by atoms with Crippen molar-refractivity contribution in [2.24, 2.45) is 5.92 Å². The van der Waals surface area contributed by atoms with E-state index < -0.39 is 0 Å². The molecule has 0 bridgehead atoms. The highest BCUT2D eigenvalue weighted by atomic mass is 16.1. The molecular weight excluding hydrogens is 234 g/mol. The van der Waals surface area contributed by atoms with Gasteiger partial charge < -0.3 is 0 Å². The van der Waals surface area contributed by atoms with Crippen molar-refractivity contribution in [1.82, 2.24) is 4.90 Å². The van der Waals surface area contributed by atoms with E-state index in [4.69, 9.17) is 0 Å². The van der Waals surface area contributed by atoms with Crippen molar-refractivity contribution in [3.63, 3.8) is 0 Å². The fraction of sp³-hybridized carbons (Fsp3) is 0.588. The van der Waals surface area contributed by atoms with Gasteiger partial charge in [0.05, 0.1) is 0 Å². The second kappa shape index (κ2) is 5.87. The van der Waals surface area contributed by atoms with Gasteiger partial charge in [-0.05, 0) is 52.6 Å². The van der Waals surface area contributed by atoms with Gasteiger partial charge in [-0.15, -0.1) is 0 Å². The van der Waals surface area contributed by atoms with Crippen LogP contribution < -0.4 is 0 Å². The topological polar surface area (TPSA) is 20.3 Å². The highest BCUT2D eigenvalue weighted by molar-refractivity contribution is 6.02. The SMILES string of the molecule is CC(C)N(CC[C@H]1Cc2ccccc2C1=O)C(C)C. The van der Waals surface area contributed by atoms with Crippen molar-refractivity contribution < 1.29 is 4.79 Å². The summed E-state index contributed by atoms with van der Waals surface area (Å²) in [6, 6.07) is 9.14. The van der Waals surface area contributed by atoms with Crippen LogP contribution in [0, 0.1) is 5.92 Å². The number of nitrogens with zero attached hydrogens (tertiary/aromatic N) is 1. The minimum atomic E-state index is 0.192. The Morgan fingerprint density at radius 1 is 1.16 bits per heavy atom. The van der Waals surface area contributed by atoms with Crippen molar-refractivity contribution in [2.75, 3.05) is 6.54 Å². The maximum absolute atomic E-state index is 12.3. The molecule has 104 valence electrons. The van der Waals surface area contributed by atoms with Crippen LogP contribution >= 0.6 is 0 Å². The van der Waals surface area contributed by atoms with Crippen LogP contribution in [0.25, 0.3) is 0 Å². The summed E-state index contributed by atoms with van der Waals surface area (Å²) in [6.45, 7) is 9.92. The lowest BCUT2D eigenvalue weighted by molar-refractivity contribution is 0.0905. The van der Waals surface area contributed by atoms with E-state index in [-0.39, 0.29) is 5.92 Å². The summed E-state index contributed by atoms with van der Waals surface area (Å²) >= 11 is 0. The Kier molecular flexibility index (Phi) is 4.41. The van der Waals surface area contributed by atoms with Gasteiger partial charge in [-0.1, -0.05) is 24.3 Å². The molecule has 0 amide bonds. The third-order valence-corrected chi connectivity index (χ3v) is 4.18. The number of hydrogen-bond acceptors (Lipinski definition) is 2. The zero-order valence-electron chi connectivity index (χ0n) is 12.5. The second-order valence-corrected chi connectivity index (χ2v) is 6.14. The predicted octanol–water partition coefficient (Wildman–Crippen LogP) is 3.55. The van der Waals surface area contributed by atoms with E-state index in [9.17, 15) is 4.79 Å². The molecule has 0 saturated heterocycles. The molecule has 0 heterocycles. The van der Waals surface area contributed by atoms with Gasteiger partial charge in [0, 0.05) is 23.6 Å². The van der Waals surface area contributed by atoms with Crippen LogP contribution in [0.1, 0.15) is 50.0 Å². The Morgan fingerprint density at radius 2 is 1.79 bits per heavy atom. The summed E-state index contributed by atoms with van der Waals surface area (Å²) in [5.74, 6) is 0.542. The molecule has 1 aromatic carbocycles. The van der Waals surface area contributed by atoms with E-state index in [0.29, 0.717) is 17.9 Å². The number of carbonyl (C=O) groups excluding carboxylic acids is 1. The summed E-state index contributed by atoms with van der Waals surface area (Å²) in [5, 5.41) is 0. The zero-order valence-corrected chi connectivity index (χ0v) is 12.5. The van der Waals surface area contributed by atoms with Crippen molar-refractivity contribution in [2.45, 2.75) is 52.6 Å². The molecule has 1 aliphatic carbocycles. The number of hydrogen-bond donors (Lipinski definition) is 0. The third kappa shape index (κ3) is 3.06.